The van der Waals surface area contributed by atoms with Gasteiger partial charge in [-0.15, -0.1) is 0 Å². The molecule has 4 N–H and O–H groups in total. The number of hydrogen-bond acceptors (Lipinski definition) is 12. The number of ether oxygens (including phenoxy) is 6. The van der Waals surface area contributed by atoms with E-state index in [-0.39, 0.29) is 11.0 Å². The van der Waals surface area contributed by atoms with Crippen LogP contribution in [0, 0.1) is 0 Å². The van der Waals surface area contributed by atoms with E-state index in [0.29, 0.717) is 28.0 Å². The molecule has 41 heavy (non-hydrogen) atoms. The molecule has 1 aromatic heterocycles. The van der Waals surface area contributed by atoms with Crippen molar-refractivity contribution in [3.05, 3.63) is 59.0 Å². The van der Waals surface area contributed by atoms with Gasteiger partial charge in [0.25, 0.3) is 0 Å². The number of fused-ring (bicyclic) bond motifs is 1. The monoisotopic (exact) mass is 574 g/mol. The second-order valence-electron chi connectivity index (χ2n) is 10.2. The van der Waals surface area contributed by atoms with Crippen LogP contribution in [0.15, 0.2) is 57.9 Å². The first-order valence-electron chi connectivity index (χ1n) is 13.2. The zero-order valence-corrected chi connectivity index (χ0v) is 22.9. The van der Waals surface area contributed by atoms with Crippen LogP contribution in [0.2, 0.25) is 0 Å². The van der Waals surface area contributed by atoms with Crippen molar-refractivity contribution < 1.29 is 53.3 Å². The lowest BCUT2D eigenvalue weighted by atomic mass is 10.00. The quantitative estimate of drug-likeness (QED) is 0.319. The van der Waals surface area contributed by atoms with E-state index >= 15 is 0 Å². The average molecular weight is 575 g/mol. The van der Waals surface area contributed by atoms with Gasteiger partial charge in [-0.25, -0.2) is 0 Å². The fraction of sp³-hybridized carbons (Fsp3) is 0.483. The summed E-state index contributed by atoms with van der Waals surface area (Å²) in [4.78, 5) is 13.3. The van der Waals surface area contributed by atoms with Crippen molar-refractivity contribution in [2.75, 3.05) is 14.2 Å². The van der Waals surface area contributed by atoms with Crippen LogP contribution in [-0.4, -0.2) is 96.1 Å². The Hall–Kier alpha value is -3.07. The summed E-state index contributed by atoms with van der Waals surface area (Å²) < 4.78 is 39.4. The van der Waals surface area contributed by atoms with Crippen LogP contribution in [0.25, 0.3) is 22.1 Å². The Morgan fingerprint density at radius 1 is 0.707 bits per heavy atom. The van der Waals surface area contributed by atoms with Gasteiger partial charge in [-0.3, -0.25) is 4.79 Å². The highest BCUT2D eigenvalue weighted by molar-refractivity contribution is 5.82. The topological polar surface area (TPSA) is 167 Å². The van der Waals surface area contributed by atoms with Crippen molar-refractivity contribution in [2.24, 2.45) is 0 Å². The first kappa shape index (κ1) is 29.4. The van der Waals surface area contributed by atoms with Crippen molar-refractivity contribution in [1.29, 1.82) is 0 Å². The maximum atomic E-state index is 13.3. The first-order valence-corrected chi connectivity index (χ1v) is 13.2. The predicted molar refractivity (Wildman–Crippen MR) is 143 cm³/mol. The Balaban J connectivity index is 1.32. The highest BCUT2D eigenvalue weighted by Gasteiger charge is 2.45. The van der Waals surface area contributed by atoms with E-state index in [1.54, 1.807) is 56.3 Å². The van der Waals surface area contributed by atoms with Gasteiger partial charge in [0.15, 0.2) is 5.43 Å². The molecule has 0 aliphatic carbocycles. The second-order valence-corrected chi connectivity index (χ2v) is 10.2. The minimum Gasteiger partial charge on any atom is -0.463 e. The van der Waals surface area contributed by atoms with Gasteiger partial charge in [0.2, 0.25) is 12.6 Å². The zero-order valence-electron chi connectivity index (χ0n) is 22.9. The number of rotatable bonds is 7. The van der Waals surface area contributed by atoms with E-state index in [1.807, 2.05) is 0 Å². The molecule has 3 aromatic rings. The third kappa shape index (κ3) is 5.70. The molecule has 2 unspecified atom stereocenters. The molecule has 5 rings (SSSR count). The summed E-state index contributed by atoms with van der Waals surface area (Å²) in [5.74, 6) is 0.735. The maximum Gasteiger partial charge on any atom is 0.229 e. The molecule has 2 fully saturated rings. The smallest absolute Gasteiger partial charge is 0.229 e. The summed E-state index contributed by atoms with van der Waals surface area (Å²) in [7, 11) is 2.77. The van der Waals surface area contributed by atoms with Crippen LogP contribution < -0.4 is 14.9 Å². The van der Waals surface area contributed by atoms with E-state index in [4.69, 9.17) is 32.8 Å². The summed E-state index contributed by atoms with van der Waals surface area (Å²) >= 11 is 0. The number of aliphatic hydroxyl groups is 4. The van der Waals surface area contributed by atoms with Crippen LogP contribution in [0.5, 0.6) is 11.5 Å². The average Bonchev–Trinajstić information content (AvgIpc) is 2.96. The first-order chi connectivity index (χ1) is 19.6. The Morgan fingerprint density at radius 3 is 1.76 bits per heavy atom. The van der Waals surface area contributed by atoms with Gasteiger partial charge < -0.3 is 53.3 Å². The highest BCUT2D eigenvalue weighted by Crippen LogP contribution is 2.30. The SMILES string of the molecule is CO[C@H]1C(Oc2ccc(-c3coc4cc(OC5O[C@@H](C)[C@H](O)[C@@H](O)[C@H]5OC)ccc4c3=O)cc2)O[C@@H](C)[C@H](O)[C@H]1O. The molecule has 12 heteroatoms. The fourth-order valence-corrected chi connectivity index (χ4v) is 5.06. The Labute approximate surface area is 235 Å². The summed E-state index contributed by atoms with van der Waals surface area (Å²) in [5.41, 5.74) is 0.937. The standard InChI is InChI=1S/C29H34O12/c1-13-21(30)24(33)26(35-3)28(38-13)40-16-7-5-15(6-8-16)19-12-37-20-11-17(9-10-18(20)23(19)32)41-29-27(36-4)25(34)22(31)14(2)39-29/h5-14,21-22,24-31,33-34H,1-4H3/t13-,14-,21-,22-,24+,25+,26+,27+,28?,29?/m0/s1. The van der Waals surface area contributed by atoms with Crippen molar-refractivity contribution in [2.45, 2.75) is 75.3 Å². The number of aliphatic hydroxyl groups excluding tert-OH is 4. The molecule has 222 valence electrons. The largest absolute Gasteiger partial charge is 0.463 e. The molecule has 2 aliphatic heterocycles. The van der Waals surface area contributed by atoms with E-state index in [9.17, 15) is 25.2 Å². The van der Waals surface area contributed by atoms with Gasteiger partial charge in [0.1, 0.15) is 60.0 Å². The van der Waals surface area contributed by atoms with Gasteiger partial charge in [-0.1, -0.05) is 12.1 Å². The van der Waals surface area contributed by atoms with Crippen molar-refractivity contribution in [1.82, 2.24) is 0 Å². The van der Waals surface area contributed by atoms with E-state index < -0.39 is 61.4 Å². The molecule has 0 bridgehead atoms. The predicted octanol–water partition coefficient (Wildman–Crippen LogP) is 1.18. The van der Waals surface area contributed by atoms with Crippen molar-refractivity contribution in [3.8, 4) is 22.6 Å². The van der Waals surface area contributed by atoms with Gasteiger partial charge >= 0.3 is 0 Å². The summed E-state index contributed by atoms with van der Waals surface area (Å²) in [6.07, 6.45) is -8.36. The molecular formula is C29H34O12. The Morgan fingerprint density at radius 2 is 1.22 bits per heavy atom. The lowest BCUT2D eigenvalue weighted by Gasteiger charge is -2.40. The van der Waals surface area contributed by atoms with Crippen LogP contribution in [-0.2, 0) is 18.9 Å². The molecule has 0 radical (unpaired) electrons. The van der Waals surface area contributed by atoms with Gasteiger partial charge in [0.05, 0.1) is 23.2 Å². The highest BCUT2D eigenvalue weighted by atomic mass is 16.7. The molecule has 2 aliphatic rings. The van der Waals surface area contributed by atoms with Gasteiger partial charge in [-0.2, -0.15) is 0 Å². The zero-order chi connectivity index (χ0) is 29.4. The van der Waals surface area contributed by atoms with E-state index in [2.05, 4.69) is 0 Å². The lowest BCUT2D eigenvalue weighted by Crippen LogP contribution is -2.59. The molecule has 0 amide bonds. The summed E-state index contributed by atoms with van der Waals surface area (Å²) in [6.45, 7) is 3.25. The number of benzene rings is 2. The molecule has 12 nitrogen and oxygen atoms in total. The van der Waals surface area contributed by atoms with Gasteiger partial charge in [0, 0.05) is 20.3 Å². The molecule has 0 spiro atoms. The lowest BCUT2D eigenvalue weighted by molar-refractivity contribution is -0.274. The van der Waals surface area contributed by atoms with Crippen LogP contribution >= 0.6 is 0 Å². The van der Waals surface area contributed by atoms with Crippen molar-refractivity contribution >= 4 is 11.0 Å². The Kier molecular flexibility index (Phi) is 8.64. The van der Waals surface area contributed by atoms with Gasteiger partial charge in [-0.05, 0) is 43.7 Å². The maximum absolute atomic E-state index is 13.3. The minimum absolute atomic E-state index is 0.261. The minimum atomic E-state index is -1.20. The van der Waals surface area contributed by atoms with Crippen LogP contribution in [0.4, 0.5) is 0 Å². The van der Waals surface area contributed by atoms with E-state index in [1.165, 1.54) is 20.5 Å². The molecule has 2 aromatic carbocycles. The Bertz CT molecular complexity index is 1390. The van der Waals surface area contributed by atoms with Crippen LogP contribution in [0.1, 0.15) is 13.8 Å². The summed E-state index contributed by atoms with van der Waals surface area (Å²) in [5, 5.41) is 41.1. The normalized spacial score (nSPS) is 34.0. The molecular weight excluding hydrogens is 540 g/mol. The van der Waals surface area contributed by atoms with E-state index in [0.717, 1.165) is 0 Å². The number of methoxy groups -OCH3 is 2. The van der Waals surface area contributed by atoms with Crippen molar-refractivity contribution in [3.63, 3.8) is 0 Å². The molecule has 10 atom stereocenters. The van der Waals surface area contributed by atoms with Crippen LogP contribution in [0.3, 0.4) is 0 Å². The third-order valence-electron chi connectivity index (χ3n) is 7.53. The molecule has 3 heterocycles. The summed E-state index contributed by atoms with van der Waals surface area (Å²) in [6, 6.07) is 11.4. The molecule has 2 saturated heterocycles. The third-order valence-corrected chi connectivity index (χ3v) is 7.53. The molecule has 0 saturated carbocycles. The second kappa shape index (κ2) is 12.0. The fourth-order valence-electron chi connectivity index (χ4n) is 5.06. The number of hydrogen-bond donors (Lipinski definition) is 4.